The fourth-order valence-corrected chi connectivity index (χ4v) is 6.48. The van der Waals surface area contributed by atoms with Crippen LogP contribution in [0.2, 0.25) is 0 Å². The van der Waals surface area contributed by atoms with Gasteiger partial charge < -0.3 is 23.8 Å². The molecule has 0 unspecified atom stereocenters. The second-order valence-electron chi connectivity index (χ2n) is 10.5. The van der Waals surface area contributed by atoms with Crippen molar-refractivity contribution >= 4 is 35.0 Å². The van der Waals surface area contributed by atoms with Crippen LogP contribution in [0.5, 0.6) is 11.5 Å². The van der Waals surface area contributed by atoms with Gasteiger partial charge in [0.25, 0.3) is 11.5 Å². The summed E-state index contributed by atoms with van der Waals surface area (Å²) in [4.78, 5) is 47.3. The number of thiazole rings is 1. The molecule has 236 valence electrons. The van der Waals surface area contributed by atoms with Crippen molar-refractivity contribution in [2.45, 2.75) is 13.0 Å². The third-order valence-electron chi connectivity index (χ3n) is 7.69. The zero-order valence-electron chi connectivity index (χ0n) is 25.5. The molecular weight excluding hydrogens is 606 g/mol. The van der Waals surface area contributed by atoms with Gasteiger partial charge in [0.05, 0.1) is 48.8 Å². The lowest BCUT2D eigenvalue weighted by molar-refractivity contribution is -0.139. The lowest BCUT2D eigenvalue weighted by Crippen LogP contribution is -2.43. The van der Waals surface area contributed by atoms with E-state index in [0.717, 1.165) is 11.1 Å². The molecule has 0 radical (unpaired) electrons. The van der Waals surface area contributed by atoms with E-state index in [2.05, 4.69) is 0 Å². The molecule has 2 aliphatic rings. The van der Waals surface area contributed by atoms with Crippen LogP contribution in [0.1, 0.15) is 29.7 Å². The first-order valence-electron chi connectivity index (χ1n) is 15.0. The summed E-state index contributed by atoms with van der Waals surface area (Å²) in [7, 11) is 1.52. The minimum atomic E-state index is -0.747. The number of morpholine rings is 1. The standard InChI is InChI=1S/C35H33N3O7S/c1-3-44-34(41)30-31(24-10-6-4-7-11-24)36-35-38(32(30)25-12-8-5-9-13-25)33(40)28(46-35)21-23-14-15-26(27(20-23)42-2)45-22-29(39)37-16-18-43-19-17-37/h4-15,20-21,32H,3,16-19,22H2,1-2H3/b28-21+/t32-/m0/s1. The van der Waals surface area contributed by atoms with Gasteiger partial charge in [0, 0.05) is 18.7 Å². The molecule has 0 bridgehead atoms. The predicted molar refractivity (Wildman–Crippen MR) is 173 cm³/mol. The average molecular weight is 640 g/mol. The van der Waals surface area contributed by atoms with E-state index in [1.165, 1.54) is 18.4 Å². The highest BCUT2D eigenvalue weighted by Crippen LogP contribution is 2.35. The lowest BCUT2D eigenvalue weighted by Gasteiger charge is -2.26. The first kappa shape index (κ1) is 31.0. The van der Waals surface area contributed by atoms with Gasteiger partial charge in [-0.3, -0.25) is 14.2 Å². The molecule has 3 heterocycles. The number of carbonyl (C=O) groups is 2. The van der Waals surface area contributed by atoms with Crippen LogP contribution in [0.25, 0.3) is 11.8 Å². The number of ether oxygens (including phenoxy) is 4. The number of hydrogen-bond donors (Lipinski definition) is 0. The van der Waals surface area contributed by atoms with E-state index < -0.39 is 12.0 Å². The van der Waals surface area contributed by atoms with E-state index in [0.29, 0.717) is 64.0 Å². The maximum absolute atomic E-state index is 14.1. The third-order valence-corrected chi connectivity index (χ3v) is 8.67. The maximum Gasteiger partial charge on any atom is 0.338 e. The molecule has 46 heavy (non-hydrogen) atoms. The zero-order chi connectivity index (χ0) is 32.0. The Morgan fingerprint density at radius 3 is 2.41 bits per heavy atom. The van der Waals surface area contributed by atoms with Crippen molar-refractivity contribution in [2.75, 3.05) is 46.6 Å². The van der Waals surface area contributed by atoms with Gasteiger partial charge in [-0.15, -0.1) is 0 Å². The van der Waals surface area contributed by atoms with E-state index in [1.807, 2.05) is 60.7 Å². The number of esters is 1. The van der Waals surface area contributed by atoms with Gasteiger partial charge in [0.15, 0.2) is 22.9 Å². The molecule has 10 nitrogen and oxygen atoms in total. The van der Waals surface area contributed by atoms with Gasteiger partial charge in [-0.2, -0.15) is 0 Å². The molecule has 1 aromatic heterocycles. The van der Waals surface area contributed by atoms with Crippen LogP contribution >= 0.6 is 11.3 Å². The van der Waals surface area contributed by atoms with Crippen LogP contribution in [0.15, 0.2) is 94.2 Å². The van der Waals surface area contributed by atoms with Crippen molar-refractivity contribution in [2.24, 2.45) is 4.99 Å². The number of rotatable bonds is 9. The molecular formula is C35H33N3O7S. The molecule has 0 spiro atoms. The highest BCUT2D eigenvalue weighted by molar-refractivity contribution is 7.07. The Morgan fingerprint density at radius 1 is 1.00 bits per heavy atom. The molecule has 6 rings (SSSR count). The molecule has 1 amide bonds. The molecule has 3 aromatic carbocycles. The highest BCUT2D eigenvalue weighted by Gasteiger charge is 2.35. The normalized spacial score (nSPS) is 16.4. The van der Waals surface area contributed by atoms with Crippen molar-refractivity contribution in [1.29, 1.82) is 0 Å². The Bertz CT molecular complexity index is 1950. The van der Waals surface area contributed by atoms with Crippen LogP contribution in [-0.4, -0.2) is 68.0 Å². The van der Waals surface area contributed by atoms with Gasteiger partial charge in [0.2, 0.25) is 0 Å². The number of hydrogen-bond acceptors (Lipinski definition) is 9. The van der Waals surface area contributed by atoms with Gasteiger partial charge in [-0.25, -0.2) is 9.79 Å². The van der Waals surface area contributed by atoms with E-state index in [1.54, 1.807) is 40.7 Å². The summed E-state index contributed by atoms with van der Waals surface area (Å²) >= 11 is 1.24. The molecule has 2 aliphatic heterocycles. The van der Waals surface area contributed by atoms with E-state index in [9.17, 15) is 14.4 Å². The number of aromatic nitrogens is 1. The third kappa shape index (κ3) is 6.37. The van der Waals surface area contributed by atoms with Crippen LogP contribution in [0, 0.1) is 0 Å². The number of methoxy groups -OCH3 is 1. The van der Waals surface area contributed by atoms with Crippen molar-refractivity contribution in [3.63, 3.8) is 0 Å². The van der Waals surface area contributed by atoms with Gasteiger partial charge in [-0.05, 0) is 36.3 Å². The smallest absolute Gasteiger partial charge is 0.338 e. The van der Waals surface area contributed by atoms with Crippen molar-refractivity contribution in [3.05, 3.63) is 121 Å². The van der Waals surface area contributed by atoms with Crippen LogP contribution < -0.4 is 24.4 Å². The predicted octanol–water partition coefficient (Wildman–Crippen LogP) is 3.18. The Labute approximate surface area is 269 Å². The van der Waals surface area contributed by atoms with E-state index in [-0.39, 0.29) is 24.7 Å². The van der Waals surface area contributed by atoms with Crippen molar-refractivity contribution < 1.29 is 28.5 Å². The quantitative estimate of drug-likeness (QED) is 0.259. The topological polar surface area (TPSA) is 109 Å². The Hall–Kier alpha value is -5.00. The van der Waals surface area contributed by atoms with Crippen LogP contribution in [0.3, 0.4) is 0 Å². The minimum absolute atomic E-state index is 0.124. The Balaban J connectivity index is 1.41. The lowest BCUT2D eigenvalue weighted by atomic mass is 9.93. The average Bonchev–Trinajstić information content (AvgIpc) is 3.41. The second kappa shape index (κ2) is 14.0. The molecule has 1 saturated heterocycles. The first-order valence-corrected chi connectivity index (χ1v) is 15.8. The molecule has 0 aliphatic carbocycles. The zero-order valence-corrected chi connectivity index (χ0v) is 26.3. The second-order valence-corrected chi connectivity index (χ2v) is 11.5. The largest absolute Gasteiger partial charge is 0.493 e. The molecule has 1 fully saturated rings. The van der Waals surface area contributed by atoms with Gasteiger partial charge >= 0.3 is 5.97 Å². The van der Waals surface area contributed by atoms with E-state index >= 15 is 0 Å². The number of amides is 1. The Kier molecular flexibility index (Phi) is 9.41. The van der Waals surface area contributed by atoms with Gasteiger partial charge in [-0.1, -0.05) is 78.1 Å². The fraction of sp³-hybridized carbons (Fsp3) is 0.257. The summed E-state index contributed by atoms with van der Waals surface area (Å²) in [6, 6.07) is 23.4. The summed E-state index contributed by atoms with van der Waals surface area (Å²) in [6.07, 6.45) is 1.76. The molecule has 0 N–H and O–H groups in total. The van der Waals surface area contributed by atoms with Crippen molar-refractivity contribution in [3.8, 4) is 11.5 Å². The number of benzene rings is 3. The Morgan fingerprint density at radius 2 is 1.72 bits per heavy atom. The number of nitrogens with zero attached hydrogens (tertiary/aromatic N) is 3. The van der Waals surface area contributed by atoms with E-state index in [4.69, 9.17) is 23.9 Å². The summed E-state index contributed by atoms with van der Waals surface area (Å²) in [5.74, 6) is 0.189. The molecule has 4 aromatic rings. The summed E-state index contributed by atoms with van der Waals surface area (Å²) in [5.41, 5.74) is 2.68. The SMILES string of the molecule is CCOC(=O)C1=C(c2ccccc2)N=c2s/c(=C/c3ccc(OCC(=O)N4CCOCC4)c(OC)c3)c(=O)n2[C@H]1c1ccccc1. The fourth-order valence-electron chi connectivity index (χ4n) is 5.48. The minimum Gasteiger partial charge on any atom is -0.493 e. The van der Waals surface area contributed by atoms with Gasteiger partial charge in [0.1, 0.15) is 0 Å². The monoisotopic (exact) mass is 639 g/mol. The number of carbonyl (C=O) groups excluding carboxylic acids is 2. The summed E-state index contributed by atoms with van der Waals surface area (Å²) in [6.45, 7) is 3.90. The molecule has 1 atom stereocenters. The molecule has 11 heteroatoms. The summed E-state index contributed by atoms with van der Waals surface area (Å²) < 4.78 is 24.2. The van der Waals surface area contributed by atoms with Crippen LogP contribution in [-0.2, 0) is 19.1 Å². The first-order chi connectivity index (χ1) is 22.5. The summed E-state index contributed by atoms with van der Waals surface area (Å²) in [5, 5.41) is 0. The van der Waals surface area contributed by atoms with Crippen LogP contribution in [0.4, 0.5) is 0 Å². The maximum atomic E-state index is 14.1. The highest BCUT2D eigenvalue weighted by atomic mass is 32.1. The molecule has 0 saturated carbocycles. The number of fused-ring (bicyclic) bond motifs is 1. The van der Waals surface area contributed by atoms with Crippen molar-refractivity contribution in [1.82, 2.24) is 9.47 Å².